The van der Waals surface area contributed by atoms with Gasteiger partial charge in [0.2, 0.25) is 0 Å². The molecule has 22 heavy (non-hydrogen) atoms. The average molecular weight is 437 g/mol. The number of guanidine groups is 1. The summed E-state index contributed by atoms with van der Waals surface area (Å²) in [6, 6.07) is 8.11. The average Bonchev–Trinajstić information content (AvgIpc) is 2.48. The second-order valence-electron chi connectivity index (χ2n) is 5.32. The van der Waals surface area contributed by atoms with Crippen molar-refractivity contribution in [3.05, 3.63) is 29.8 Å². The van der Waals surface area contributed by atoms with E-state index >= 15 is 0 Å². The van der Waals surface area contributed by atoms with Crippen molar-refractivity contribution in [3.63, 3.8) is 0 Å². The lowest BCUT2D eigenvalue weighted by molar-refractivity contribution is 0.340. The molecule has 0 aromatic heterocycles. The molecule has 1 aromatic carbocycles. The fourth-order valence-electron chi connectivity index (χ4n) is 1.69. The van der Waals surface area contributed by atoms with Gasteiger partial charge in [-0.1, -0.05) is 12.1 Å². The van der Waals surface area contributed by atoms with Crippen LogP contribution in [0.4, 0.5) is 0 Å². The highest BCUT2D eigenvalue weighted by Crippen LogP contribution is 2.19. The minimum Gasteiger partial charge on any atom is -0.494 e. The molecular weight excluding hydrogens is 409 g/mol. The van der Waals surface area contributed by atoms with E-state index in [0.29, 0.717) is 6.61 Å². The first kappa shape index (κ1) is 21.4. The summed E-state index contributed by atoms with van der Waals surface area (Å²) in [6.45, 7) is 8.69. The van der Waals surface area contributed by atoms with Crippen LogP contribution < -0.4 is 15.4 Å². The highest BCUT2D eigenvalue weighted by atomic mass is 127. The second kappa shape index (κ2) is 11.0. The lowest BCUT2D eigenvalue weighted by Gasteiger charge is -2.23. The van der Waals surface area contributed by atoms with Crippen LogP contribution in [0.25, 0.3) is 0 Å². The van der Waals surface area contributed by atoms with E-state index in [9.17, 15) is 0 Å². The molecule has 0 spiro atoms. The minimum atomic E-state index is 0. The van der Waals surface area contributed by atoms with Gasteiger partial charge in [-0.3, -0.25) is 4.99 Å². The van der Waals surface area contributed by atoms with Crippen molar-refractivity contribution < 1.29 is 4.74 Å². The zero-order valence-electron chi connectivity index (χ0n) is 14.1. The normalized spacial score (nSPS) is 11.6. The van der Waals surface area contributed by atoms with Crippen molar-refractivity contribution in [2.75, 3.05) is 26.5 Å². The molecule has 1 rings (SSSR count). The maximum Gasteiger partial charge on any atom is 0.191 e. The van der Waals surface area contributed by atoms with E-state index in [1.165, 1.54) is 5.56 Å². The van der Waals surface area contributed by atoms with Crippen LogP contribution in [0.15, 0.2) is 29.3 Å². The van der Waals surface area contributed by atoms with Gasteiger partial charge >= 0.3 is 0 Å². The lowest BCUT2D eigenvalue weighted by atomic mass is 10.2. The fraction of sp³-hybridized carbons (Fsp3) is 0.562. The van der Waals surface area contributed by atoms with Crippen LogP contribution in [0.2, 0.25) is 0 Å². The molecule has 0 saturated heterocycles. The van der Waals surface area contributed by atoms with Crippen molar-refractivity contribution in [1.82, 2.24) is 10.6 Å². The lowest BCUT2D eigenvalue weighted by Crippen LogP contribution is -2.42. The summed E-state index contributed by atoms with van der Waals surface area (Å²) in [6.07, 6.45) is 2.12. The van der Waals surface area contributed by atoms with Crippen LogP contribution in [0.1, 0.15) is 26.3 Å². The molecule has 4 nitrogen and oxygen atoms in total. The largest absolute Gasteiger partial charge is 0.494 e. The highest BCUT2D eigenvalue weighted by Gasteiger charge is 2.15. The van der Waals surface area contributed by atoms with Gasteiger partial charge in [0, 0.05) is 24.9 Å². The van der Waals surface area contributed by atoms with Gasteiger partial charge in [-0.2, -0.15) is 11.8 Å². The van der Waals surface area contributed by atoms with Gasteiger partial charge in [0.05, 0.1) is 6.61 Å². The molecule has 0 amide bonds. The first-order valence-corrected chi connectivity index (χ1v) is 8.44. The van der Waals surface area contributed by atoms with Crippen molar-refractivity contribution in [3.8, 4) is 5.75 Å². The Bertz CT molecular complexity index is 466. The summed E-state index contributed by atoms with van der Waals surface area (Å²) in [4.78, 5) is 4.25. The van der Waals surface area contributed by atoms with E-state index in [-0.39, 0.29) is 28.7 Å². The second-order valence-corrected chi connectivity index (χ2v) is 6.84. The van der Waals surface area contributed by atoms with E-state index in [4.69, 9.17) is 4.74 Å². The van der Waals surface area contributed by atoms with E-state index < -0.39 is 0 Å². The number of hydrogen-bond donors (Lipinski definition) is 2. The Morgan fingerprint density at radius 3 is 2.64 bits per heavy atom. The zero-order valence-corrected chi connectivity index (χ0v) is 17.2. The molecule has 0 aliphatic heterocycles. The van der Waals surface area contributed by atoms with Gasteiger partial charge in [0.1, 0.15) is 5.75 Å². The molecular formula is C16H28IN3OS. The molecule has 1 aromatic rings. The number of nitrogens with zero attached hydrogens (tertiary/aromatic N) is 1. The highest BCUT2D eigenvalue weighted by molar-refractivity contribution is 14.0. The molecule has 0 bridgehead atoms. The number of thioether (sulfide) groups is 1. The molecule has 0 heterocycles. The van der Waals surface area contributed by atoms with E-state index in [0.717, 1.165) is 24.8 Å². The minimum absolute atomic E-state index is 0. The molecule has 2 N–H and O–H groups in total. The Hall–Kier alpha value is -0.630. The molecule has 0 aliphatic rings. The van der Waals surface area contributed by atoms with Crippen molar-refractivity contribution in [1.29, 1.82) is 0 Å². The monoisotopic (exact) mass is 437 g/mol. The van der Waals surface area contributed by atoms with Gasteiger partial charge in [0.15, 0.2) is 5.96 Å². The van der Waals surface area contributed by atoms with E-state index in [2.05, 4.69) is 47.9 Å². The predicted octanol–water partition coefficient (Wildman–Crippen LogP) is 3.51. The molecule has 0 unspecified atom stereocenters. The van der Waals surface area contributed by atoms with Crippen LogP contribution in [0.5, 0.6) is 5.75 Å². The third kappa shape index (κ3) is 8.12. The molecule has 0 fully saturated rings. The Balaban J connectivity index is 0.00000441. The smallest absolute Gasteiger partial charge is 0.191 e. The summed E-state index contributed by atoms with van der Waals surface area (Å²) in [7, 11) is 1.79. The van der Waals surface area contributed by atoms with Crippen LogP contribution in [-0.4, -0.2) is 37.2 Å². The van der Waals surface area contributed by atoms with Crippen LogP contribution in [-0.2, 0) is 6.54 Å². The Labute approximate surface area is 155 Å². The van der Waals surface area contributed by atoms with Crippen molar-refractivity contribution in [2.24, 2.45) is 4.99 Å². The quantitative estimate of drug-likeness (QED) is 0.390. The number of nitrogens with one attached hydrogen (secondary N) is 2. The Morgan fingerprint density at radius 2 is 2.05 bits per heavy atom. The van der Waals surface area contributed by atoms with Gasteiger partial charge < -0.3 is 15.4 Å². The van der Waals surface area contributed by atoms with Gasteiger partial charge in [0.25, 0.3) is 0 Å². The van der Waals surface area contributed by atoms with Crippen molar-refractivity contribution >= 4 is 41.7 Å². The number of ether oxygens (including phenoxy) is 1. The van der Waals surface area contributed by atoms with Crippen LogP contribution in [0, 0.1) is 0 Å². The summed E-state index contributed by atoms with van der Waals surface area (Å²) < 4.78 is 5.70. The van der Waals surface area contributed by atoms with Gasteiger partial charge in [-0.15, -0.1) is 24.0 Å². The third-order valence-electron chi connectivity index (χ3n) is 3.13. The standard InChI is InChI=1S/C16H27N3OS.HI/c1-6-20-14-9-7-8-13(10-14)11-18-15(17-4)19-12-16(2,3)21-5;/h7-10H,6,11-12H2,1-5H3,(H2,17,18,19);1H. The van der Waals surface area contributed by atoms with E-state index in [1.54, 1.807) is 7.05 Å². The summed E-state index contributed by atoms with van der Waals surface area (Å²) in [5.41, 5.74) is 1.17. The topological polar surface area (TPSA) is 45.6 Å². The summed E-state index contributed by atoms with van der Waals surface area (Å²) in [5.74, 6) is 1.72. The Morgan fingerprint density at radius 1 is 1.32 bits per heavy atom. The van der Waals surface area contributed by atoms with Crippen LogP contribution in [0.3, 0.4) is 0 Å². The number of rotatable bonds is 7. The van der Waals surface area contributed by atoms with Gasteiger partial charge in [-0.05, 0) is 44.7 Å². The molecule has 6 heteroatoms. The SMILES string of the molecule is CCOc1cccc(CNC(=NC)NCC(C)(C)SC)c1.I. The number of aliphatic imine (C=N–C) groups is 1. The first-order chi connectivity index (χ1) is 10.0. The number of benzene rings is 1. The van der Waals surface area contributed by atoms with E-state index in [1.807, 2.05) is 30.8 Å². The Kier molecular flexibility index (Phi) is 10.7. The van der Waals surface area contributed by atoms with Gasteiger partial charge in [-0.25, -0.2) is 0 Å². The van der Waals surface area contributed by atoms with Crippen molar-refractivity contribution in [2.45, 2.75) is 32.1 Å². The van der Waals surface area contributed by atoms with Crippen LogP contribution >= 0.6 is 35.7 Å². The zero-order chi connectivity index (χ0) is 15.7. The molecule has 0 saturated carbocycles. The number of halogens is 1. The molecule has 126 valence electrons. The maximum absolute atomic E-state index is 5.51. The third-order valence-corrected chi connectivity index (χ3v) is 4.38. The first-order valence-electron chi connectivity index (χ1n) is 7.22. The number of hydrogen-bond acceptors (Lipinski definition) is 3. The predicted molar refractivity (Wildman–Crippen MR) is 109 cm³/mol. The fourth-order valence-corrected chi connectivity index (χ4v) is 1.90. The summed E-state index contributed by atoms with van der Waals surface area (Å²) >= 11 is 1.84. The molecule has 0 radical (unpaired) electrons. The maximum atomic E-state index is 5.51. The molecule has 0 aliphatic carbocycles. The summed E-state index contributed by atoms with van der Waals surface area (Å²) in [5, 5.41) is 6.68. The molecule has 0 atom stereocenters.